The summed E-state index contributed by atoms with van der Waals surface area (Å²) in [6.07, 6.45) is 1.54. The molecule has 0 aliphatic carbocycles. The van der Waals surface area contributed by atoms with Crippen molar-refractivity contribution in [2.45, 2.75) is 31.8 Å². The number of nitrogens with two attached hydrogens (primary N) is 1. The molecule has 1 aliphatic heterocycles. The highest BCUT2D eigenvalue weighted by Crippen LogP contribution is 2.14. The highest BCUT2D eigenvalue weighted by Gasteiger charge is 2.28. The zero-order valence-corrected chi connectivity index (χ0v) is 12.8. The number of carbonyl (C=O) groups is 1. The quantitative estimate of drug-likeness (QED) is 0.861. The number of nitrogens with zero attached hydrogens (tertiary/aromatic N) is 2. The number of rotatable bonds is 4. The lowest BCUT2D eigenvalue weighted by atomic mass is 10.0. The van der Waals surface area contributed by atoms with Crippen LogP contribution in [0.1, 0.15) is 18.9 Å². The van der Waals surface area contributed by atoms with Crippen LogP contribution in [0.4, 0.5) is 0 Å². The van der Waals surface area contributed by atoms with Crippen molar-refractivity contribution in [3.63, 3.8) is 0 Å². The van der Waals surface area contributed by atoms with Gasteiger partial charge in [-0.05, 0) is 37.6 Å². The van der Waals surface area contributed by atoms with Crippen LogP contribution in [-0.4, -0.2) is 59.6 Å². The minimum atomic E-state index is -0.518. The number of carbonyl (C=O) groups excluding carboxylic acids is 1. The molecule has 3 N–H and O–H groups in total. The number of hydrogen-bond acceptors (Lipinski definition) is 4. The first-order valence-electron chi connectivity index (χ1n) is 7.53. The lowest BCUT2D eigenvalue weighted by Gasteiger charge is -2.40. The van der Waals surface area contributed by atoms with Gasteiger partial charge < -0.3 is 15.7 Å². The first-order chi connectivity index (χ1) is 10.0. The Morgan fingerprint density at radius 2 is 2.05 bits per heavy atom. The number of piperazine rings is 1. The second-order valence-electron chi connectivity index (χ2n) is 5.80. The number of phenolic OH excluding ortho intramolecular Hbond substituents is 1. The van der Waals surface area contributed by atoms with Crippen LogP contribution in [-0.2, 0) is 11.2 Å². The van der Waals surface area contributed by atoms with Crippen molar-refractivity contribution in [2.24, 2.45) is 5.73 Å². The van der Waals surface area contributed by atoms with Crippen LogP contribution in [0.25, 0.3) is 0 Å². The third kappa shape index (κ3) is 3.95. The van der Waals surface area contributed by atoms with Crippen molar-refractivity contribution in [3.05, 3.63) is 29.8 Å². The third-order valence-electron chi connectivity index (χ3n) is 4.27. The Hall–Kier alpha value is -1.59. The largest absolute Gasteiger partial charge is 0.508 e. The molecule has 1 aliphatic rings. The van der Waals surface area contributed by atoms with Gasteiger partial charge in [0, 0.05) is 25.7 Å². The standard InChI is InChI=1S/C16H25N3O2/c1-3-13-11-19(9-8-18(13)2)16(21)15(17)10-12-4-6-14(20)7-5-12/h4-7,13,15,20H,3,8-11,17H2,1-2H3/t13?,15-/m0/s1. The molecular weight excluding hydrogens is 266 g/mol. The fraction of sp³-hybridized carbons (Fsp3) is 0.562. The molecule has 1 unspecified atom stereocenters. The first-order valence-corrected chi connectivity index (χ1v) is 7.53. The molecule has 0 aromatic heterocycles. The molecule has 1 fully saturated rings. The van der Waals surface area contributed by atoms with Crippen molar-refractivity contribution in [1.29, 1.82) is 0 Å². The van der Waals surface area contributed by atoms with Gasteiger partial charge in [0.1, 0.15) is 5.75 Å². The first kappa shape index (κ1) is 15.8. The highest BCUT2D eigenvalue weighted by molar-refractivity contribution is 5.82. The Morgan fingerprint density at radius 1 is 1.38 bits per heavy atom. The maximum absolute atomic E-state index is 12.5. The summed E-state index contributed by atoms with van der Waals surface area (Å²) in [7, 11) is 2.10. The lowest BCUT2D eigenvalue weighted by Crippen LogP contribution is -2.56. The van der Waals surface area contributed by atoms with Crippen LogP contribution < -0.4 is 5.73 Å². The summed E-state index contributed by atoms with van der Waals surface area (Å²) in [5.41, 5.74) is 7.04. The summed E-state index contributed by atoms with van der Waals surface area (Å²) in [5, 5.41) is 9.27. The van der Waals surface area contributed by atoms with Crippen LogP contribution in [0.2, 0.25) is 0 Å². The Bertz CT molecular complexity index is 475. The van der Waals surface area contributed by atoms with Gasteiger partial charge in [0.25, 0.3) is 0 Å². The molecule has 0 radical (unpaired) electrons. The average molecular weight is 291 g/mol. The summed E-state index contributed by atoms with van der Waals surface area (Å²) < 4.78 is 0. The number of hydrogen-bond donors (Lipinski definition) is 2. The van der Waals surface area contributed by atoms with Crippen LogP contribution in [0.3, 0.4) is 0 Å². The fourth-order valence-corrected chi connectivity index (χ4v) is 2.79. The van der Waals surface area contributed by atoms with E-state index < -0.39 is 6.04 Å². The van der Waals surface area contributed by atoms with Gasteiger partial charge in [0.2, 0.25) is 5.91 Å². The third-order valence-corrected chi connectivity index (χ3v) is 4.27. The van der Waals surface area contributed by atoms with Crippen molar-refractivity contribution < 1.29 is 9.90 Å². The Labute approximate surface area is 126 Å². The van der Waals surface area contributed by atoms with Gasteiger partial charge in [-0.3, -0.25) is 9.69 Å². The molecule has 2 rings (SSSR count). The number of phenols is 1. The van der Waals surface area contributed by atoms with Gasteiger partial charge >= 0.3 is 0 Å². The van der Waals surface area contributed by atoms with Gasteiger partial charge in [-0.15, -0.1) is 0 Å². The van der Waals surface area contributed by atoms with Gasteiger partial charge in [-0.2, -0.15) is 0 Å². The Kier molecular flexibility index (Phi) is 5.20. The predicted octanol–water partition coefficient (Wildman–Crippen LogP) is 0.815. The maximum Gasteiger partial charge on any atom is 0.239 e. The van der Waals surface area contributed by atoms with Gasteiger partial charge in [-0.25, -0.2) is 0 Å². The van der Waals surface area contributed by atoms with E-state index in [-0.39, 0.29) is 11.7 Å². The molecule has 1 aromatic carbocycles. The molecule has 5 heteroatoms. The summed E-state index contributed by atoms with van der Waals surface area (Å²) in [6, 6.07) is 6.76. The zero-order chi connectivity index (χ0) is 15.4. The van der Waals surface area contributed by atoms with Gasteiger partial charge in [-0.1, -0.05) is 19.1 Å². The number of aromatic hydroxyl groups is 1. The molecule has 0 spiro atoms. The van der Waals surface area contributed by atoms with E-state index in [2.05, 4.69) is 18.9 Å². The molecule has 1 heterocycles. The minimum absolute atomic E-state index is 0.0228. The van der Waals surface area contributed by atoms with Crippen LogP contribution in [0, 0.1) is 0 Å². The summed E-state index contributed by atoms with van der Waals surface area (Å²) in [6.45, 7) is 4.55. The molecule has 1 amide bonds. The van der Waals surface area contributed by atoms with Crippen molar-refractivity contribution in [1.82, 2.24) is 9.80 Å². The van der Waals surface area contributed by atoms with E-state index in [1.54, 1.807) is 24.3 Å². The second kappa shape index (κ2) is 6.91. The predicted molar refractivity (Wildman–Crippen MR) is 83.1 cm³/mol. The van der Waals surface area contributed by atoms with E-state index in [4.69, 9.17) is 5.73 Å². The lowest BCUT2D eigenvalue weighted by molar-refractivity contribution is -0.135. The molecule has 116 valence electrons. The van der Waals surface area contributed by atoms with E-state index in [9.17, 15) is 9.90 Å². The molecule has 21 heavy (non-hydrogen) atoms. The topological polar surface area (TPSA) is 69.8 Å². The molecule has 1 saturated heterocycles. The minimum Gasteiger partial charge on any atom is -0.508 e. The molecular formula is C16H25N3O2. The number of likely N-dealkylation sites (N-methyl/N-ethyl adjacent to an activating group) is 1. The molecule has 5 nitrogen and oxygen atoms in total. The van der Waals surface area contributed by atoms with E-state index in [1.165, 1.54) is 0 Å². The molecule has 1 aromatic rings. The number of benzene rings is 1. The normalized spacial score (nSPS) is 21.3. The SMILES string of the molecule is CCC1CN(C(=O)[C@@H](N)Cc2ccc(O)cc2)CCN1C. The van der Waals surface area contributed by atoms with Crippen LogP contribution in [0.15, 0.2) is 24.3 Å². The second-order valence-corrected chi connectivity index (χ2v) is 5.80. The molecule has 0 bridgehead atoms. The number of amides is 1. The summed E-state index contributed by atoms with van der Waals surface area (Å²) in [5.74, 6) is 0.248. The van der Waals surface area contributed by atoms with Crippen molar-refractivity contribution in [2.75, 3.05) is 26.7 Å². The van der Waals surface area contributed by atoms with E-state index in [0.29, 0.717) is 12.5 Å². The van der Waals surface area contributed by atoms with E-state index >= 15 is 0 Å². The van der Waals surface area contributed by atoms with Crippen molar-refractivity contribution >= 4 is 5.91 Å². The maximum atomic E-state index is 12.5. The zero-order valence-electron chi connectivity index (χ0n) is 12.8. The van der Waals surface area contributed by atoms with E-state index in [1.807, 2.05) is 4.90 Å². The molecule has 2 atom stereocenters. The molecule has 0 saturated carbocycles. The highest BCUT2D eigenvalue weighted by atomic mass is 16.3. The monoisotopic (exact) mass is 291 g/mol. The summed E-state index contributed by atoms with van der Waals surface area (Å²) in [4.78, 5) is 16.7. The fourth-order valence-electron chi connectivity index (χ4n) is 2.79. The summed E-state index contributed by atoms with van der Waals surface area (Å²) >= 11 is 0. The Morgan fingerprint density at radius 3 is 2.67 bits per heavy atom. The smallest absolute Gasteiger partial charge is 0.239 e. The van der Waals surface area contributed by atoms with Gasteiger partial charge in [0.05, 0.1) is 6.04 Å². The van der Waals surface area contributed by atoms with Crippen LogP contribution >= 0.6 is 0 Å². The van der Waals surface area contributed by atoms with Crippen LogP contribution in [0.5, 0.6) is 5.75 Å². The van der Waals surface area contributed by atoms with E-state index in [0.717, 1.165) is 31.6 Å². The average Bonchev–Trinajstić information content (AvgIpc) is 2.49. The van der Waals surface area contributed by atoms with Gasteiger partial charge in [0.15, 0.2) is 0 Å². The van der Waals surface area contributed by atoms with Crippen molar-refractivity contribution in [3.8, 4) is 5.75 Å². The Balaban J connectivity index is 1.94.